The van der Waals surface area contributed by atoms with Crippen LogP contribution in [0, 0.1) is 18.6 Å². The minimum absolute atomic E-state index is 0.000344. The van der Waals surface area contributed by atoms with Crippen molar-refractivity contribution >= 4 is 5.91 Å². The first-order chi connectivity index (χ1) is 16.5. The highest BCUT2D eigenvalue weighted by Gasteiger charge is 2.21. The molecule has 1 amide bonds. The first-order valence-corrected chi connectivity index (χ1v) is 11.5. The summed E-state index contributed by atoms with van der Waals surface area (Å²) in [6.45, 7) is 3.70. The Morgan fingerprint density at radius 1 is 0.941 bits per heavy atom. The monoisotopic (exact) mass is 470 g/mol. The van der Waals surface area contributed by atoms with E-state index in [0.717, 1.165) is 11.3 Å². The number of rotatable bonds is 13. The Balaban J connectivity index is 1.74. The number of methoxy groups -OCH3 is 1. The minimum Gasteiger partial charge on any atom is -0.464 e. The number of nitrogens with zero attached hydrogens (tertiary/aromatic N) is 2. The van der Waals surface area contributed by atoms with Gasteiger partial charge in [0.15, 0.2) is 0 Å². The van der Waals surface area contributed by atoms with Gasteiger partial charge in [0.05, 0.1) is 13.1 Å². The van der Waals surface area contributed by atoms with E-state index in [1.807, 2.05) is 49.4 Å². The zero-order valence-electron chi connectivity index (χ0n) is 19.8. The summed E-state index contributed by atoms with van der Waals surface area (Å²) < 4.78 is 39.4. The van der Waals surface area contributed by atoms with E-state index in [1.54, 1.807) is 16.9 Å². The van der Waals surface area contributed by atoms with Crippen molar-refractivity contribution in [3.8, 4) is 0 Å². The molecule has 3 rings (SSSR count). The van der Waals surface area contributed by atoms with Gasteiger partial charge in [0.25, 0.3) is 0 Å². The molecule has 1 aromatic heterocycles. The highest BCUT2D eigenvalue weighted by Crippen LogP contribution is 2.16. The van der Waals surface area contributed by atoms with Crippen molar-refractivity contribution in [3.05, 3.63) is 94.9 Å². The molecule has 0 radical (unpaired) electrons. The average molecular weight is 471 g/mol. The van der Waals surface area contributed by atoms with Crippen LogP contribution in [-0.4, -0.2) is 49.1 Å². The number of hydrogen-bond donors (Lipinski definition) is 0. The number of carbonyl (C=O) groups excluding carboxylic acids is 1. The van der Waals surface area contributed by atoms with Crippen LogP contribution < -0.4 is 0 Å². The van der Waals surface area contributed by atoms with E-state index in [-0.39, 0.29) is 24.6 Å². The summed E-state index contributed by atoms with van der Waals surface area (Å²) in [6, 6.07) is 17.5. The van der Waals surface area contributed by atoms with Gasteiger partial charge in [0.2, 0.25) is 5.91 Å². The molecule has 0 aliphatic heterocycles. The maximum absolute atomic E-state index is 14.3. The number of amides is 1. The summed E-state index contributed by atoms with van der Waals surface area (Å²) >= 11 is 0. The van der Waals surface area contributed by atoms with Gasteiger partial charge in [-0.1, -0.05) is 36.4 Å². The SMILES string of the molecule is COCCCN(CC(=O)N(CCc1ccccc1)Cc1ccc(C)o1)Cc1c(F)cccc1F. The number of ether oxygens (including phenoxy) is 1. The van der Waals surface area contributed by atoms with Crippen LogP contribution in [-0.2, 0) is 29.0 Å². The zero-order valence-corrected chi connectivity index (χ0v) is 19.8. The average Bonchev–Trinajstić information content (AvgIpc) is 3.24. The van der Waals surface area contributed by atoms with Crippen molar-refractivity contribution < 1.29 is 22.7 Å². The van der Waals surface area contributed by atoms with Crippen molar-refractivity contribution in [1.29, 1.82) is 0 Å². The lowest BCUT2D eigenvalue weighted by atomic mass is 10.1. The summed E-state index contributed by atoms with van der Waals surface area (Å²) in [4.78, 5) is 16.9. The molecule has 2 aromatic carbocycles. The molecule has 0 aliphatic rings. The largest absolute Gasteiger partial charge is 0.464 e. The van der Waals surface area contributed by atoms with Crippen LogP contribution in [0.15, 0.2) is 65.1 Å². The Kier molecular flexibility index (Phi) is 9.79. The van der Waals surface area contributed by atoms with Crippen molar-refractivity contribution in [1.82, 2.24) is 9.80 Å². The second-order valence-electron chi connectivity index (χ2n) is 8.32. The summed E-state index contributed by atoms with van der Waals surface area (Å²) in [5.74, 6) is 0.123. The van der Waals surface area contributed by atoms with Crippen molar-refractivity contribution in [2.75, 3.05) is 33.4 Å². The van der Waals surface area contributed by atoms with Gasteiger partial charge in [-0.25, -0.2) is 8.78 Å². The van der Waals surface area contributed by atoms with Gasteiger partial charge >= 0.3 is 0 Å². The lowest BCUT2D eigenvalue weighted by molar-refractivity contribution is -0.133. The Morgan fingerprint density at radius 3 is 2.32 bits per heavy atom. The molecule has 34 heavy (non-hydrogen) atoms. The summed E-state index contributed by atoms with van der Waals surface area (Å²) in [7, 11) is 1.60. The molecule has 0 atom stereocenters. The number of aryl methyl sites for hydroxylation is 1. The number of benzene rings is 2. The highest BCUT2D eigenvalue weighted by molar-refractivity contribution is 5.78. The summed E-state index contributed by atoms with van der Waals surface area (Å²) in [5.41, 5.74) is 1.09. The Hall–Kier alpha value is -3.03. The molecular formula is C27H32F2N2O3. The van der Waals surface area contributed by atoms with Gasteiger partial charge in [0.1, 0.15) is 23.2 Å². The predicted octanol–water partition coefficient (Wildman–Crippen LogP) is 4.98. The molecule has 0 saturated carbocycles. The molecule has 0 fully saturated rings. The molecule has 0 unspecified atom stereocenters. The predicted molar refractivity (Wildman–Crippen MR) is 127 cm³/mol. The van der Waals surface area contributed by atoms with Crippen LogP contribution in [0.1, 0.15) is 29.1 Å². The maximum atomic E-state index is 14.3. The van der Waals surface area contributed by atoms with Crippen molar-refractivity contribution in [2.24, 2.45) is 0 Å². The molecule has 7 heteroatoms. The van der Waals surface area contributed by atoms with Crippen LogP contribution in [0.5, 0.6) is 0 Å². The van der Waals surface area contributed by atoms with Crippen LogP contribution in [0.3, 0.4) is 0 Å². The van der Waals surface area contributed by atoms with E-state index in [0.29, 0.717) is 44.8 Å². The third kappa shape index (κ3) is 7.78. The third-order valence-electron chi connectivity index (χ3n) is 5.63. The van der Waals surface area contributed by atoms with E-state index < -0.39 is 11.6 Å². The molecule has 0 N–H and O–H groups in total. The summed E-state index contributed by atoms with van der Waals surface area (Å²) in [5, 5.41) is 0. The molecule has 3 aromatic rings. The molecule has 182 valence electrons. The maximum Gasteiger partial charge on any atom is 0.237 e. The van der Waals surface area contributed by atoms with E-state index in [2.05, 4.69) is 0 Å². The molecular weight excluding hydrogens is 438 g/mol. The molecule has 5 nitrogen and oxygen atoms in total. The summed E-state index contributed by atoms with van der Waals surface area (Å²) in [6.07, 6.45) is 1.33. The minimum atomic E-state index is -0.615. The quantitative estimate of drug-likeness (QED) is 0.331. The van der Waals surface area contributed by atoms with E-state index >= 15 is 0 Å². The topological polar surface area (TPSA) is 45.9 Å². The molecule has 1 heterocycles. The molecule has 0 saturated heterocycles. The first kappa shape index (κ1) is 25.6. The number of carbonyl (C=O) groups is 1. The second kappa shape index (κ2) is 13.0. The van der Waals surface area contributed by atoms with Crippen LogP contribution in [0.25, 0.3) is 0 Å². The van der Waals surface area contributed by atoms with Gasteiger partial charge in [-0.15, -0.1) is 0 Å². The molecule has 0 bridgehead atoms. The number of halogens is 2. The van der Waals surface area contributed by atoms with Gasteiger partial charge in [-0.3, -0.25) is 9.69 Å². The second-order valence-corrected chi connectivity index (χ2v) is 8.32. The molecule has 0 spiro atoms. The van der Waals surface area contributed by atoms with Crippen molar-refractivity contribution in [2.45, 2.75) is 32.9 Å². The van der Waals surface area contributed by atoms with E-state index in [1.165, 1.54) is 18.2 Å². The van der Waals surface area contributed by atoms with Gasteiger partial charge < -0.3 is 14.1 Å². The van der Waals surface area contributed by atoms with Crippen LogP contribution in [0.2, 0.25) is 0 Å². The fraction of sp³-hybridized carbons (Fsp3) is 0.370. The fourth-order valence-corrected chi connectivity index (χ4v) is 3.80. The van der Waals surface area contributed by atoms with Gasteiger partial charge in [0, 0.05) is 38.9 Å². The highest BCUT2D eigenvalue weighted by atomic mass is 19.1. The Bertz CT molecular complexity index is 1020. The van der Waals surface area contributed by atoms with Gasteiger partial charge in [-0.05, 0) is 49.6 Å². The van der Waals surface area contributed by atoms with Crippen LogP contribution >= 0.6 is 0 Å². The van der Waals surface area contributed by atoms with E-state index in [4.69, 9.17) is 9.15 Å². The number of hydrogen-bond acceptors (Lipinski definition) is 4. The Morgan fingerprint density at radius 2 is 1.68 bits per heavy atom. The van der Waals surface area contributed by atoms with Gasteiger partial charge in [-0.2, -0.15) is 0 Å². The van der Waals surface area contributed by atoms with Crippen molar-refractivity contribution in [3.63, 3.8) is 0 Å². The standard InChI is InChI=1S/C27H32F2N2O3/c1-21-12-13-23(34-21)18-31(16-14-22-8-4-3-5-9-22)27(32)20-30(15-7-17-33-2)19-24-25(28)10-6-11-26(24)29/h3-6,8-13H,7,14-20H2,1-2H3. The lowest BCUT2D eigenvalue weighted by Crippen LogP contribution is -2.41. The van der Waals surface area contributed by atoms with E-state index in [9.17, 15) is 13.6 Å². The van der Waals surface area contributed by atoms with Crippen LogP contribution in [0.4, 0.5) is 8.78 Å². The Labute approximate surface area is 199 Å². The fourth-order valence-electron chi connectivity index (χ4n) is 3.80. The number of furan rings is 1. The normalized spacial score (nSPS) is 11.2. The zero-order chi connectivity index (χ0) is 24.3. The third-order valence-corrected chi connectivity index (χ3v) is 5.63. The molecule has 0 aliphatic carbocycles. The first-order valence-electron chi connectivity index (χ1n) is 11.5. The lowest BCUT2D eigenvalue weighted by Gasteiger charge is -2.27. The smallest absolute Gasteiger partial charge is 0.237 e.